The molecule has 1 saturated heterocycles. The van der Waals surface area contributed by atoms with Gasteiger partial charge in [-0.15, -0.1) is 11.3 Å². The predicted octanol–water partition coefficient (Wildman–Crippen LogP) is 4.61. The number of benzene rings is 2. The van der Waals surface area contributed by atoms with Crippen molar-refractivity contribution < 1.29 is 14.3 Å². The number of morpholine rings is 1. The minimum Gasteiger partial charge on any atom is -0.491 e. The second-order valence-electron chi connectivity index (χ2n) is 7.80. The fraction of sp³-hybridized carbons (Fsp3) is 0.360. The molecule has 1 aliphatic heterocycles. The van der Waals surface area contributed by atoms with Crippen LogP contribution in [0.2, 0.25) is 0 Å². The number of carbonyl (C=O) groups excluding carboxylic acids is 1. The third kappa shape index (κ3) is 6.16. The fourth-order valence-corrected chi connectivity index (χ4v) is 4.38. The van der Waals surface area contributed by atoms with Crippen molar-refractivity contribution >= 4 is 22.9 Å². The summed E-state index contributed by atoms with van der Waals surface area (Å²) < 4.78 is 11.1. The molecule has 0 atom stereocenters. The Bertz CT molecular complexity index is 1010. The van der Waals surface area contributed by atoms with Gasteiger partial charge in [0.1, 0.15) is 10.8 Å². The van der Waals surface area contributed by atoms with Gasteiger partial charge in [0, 0.05) is 30.6 Å². The number of ether oxygens (including phenoxy) is 2. The maximum atomic E-state index is 12.6. The van der Waals surface area contributed by atoms with E-state index in [9.17, 15) is 4.79 Å². The molecule has 1 aliphatic rings. The predicted molar refractivity (Wildman–Crippen MR) is 128 cm³/mol. The second kappa shape index (κ2) is 11.2. The smallest absolute Gasteiger partial charge is 0.230 e. The molecule has 2 heterocycles. The van der Waals surface area contributed by atoms with Crippen molar-refractivity contribution in [1.82, 2.24) is 9.88 Å². The monoisotopic (exact) mass is 451 g/mol. The van der Waals surface area contributed by atoms with Crippen LogP contribution in [0.1, 0.15) is 24.6 Å². The standard InChI is InChI=1S/C25H29N3O3S/c1-2-13-31-23-6-4-3-5-22(23)27-24(29)16-21-18-32-25(26-21)20-9-7-19(8-10-20)17-28-11-14-30-15-12-28/h3-10,18H,2,11-17H2,1H3,(H,27,29). The Hall–Kier alpha value is -2.74. The Morgan fingerprint density at radius 3 is 2.72 bits per heavy atom. The van der Waals surface area contributed by atoms with Crippen molar-refractivity contribution in [2.75, 3.05) is 38.2 Å². The first kappa shape index (κ1) is 22.5. The summed E-state index contributed by atoms with van der Waals surface area (Å²) in [4.78, 5) is 19.7. The van der Waals surface area contributed by atoms with Gasteiger partial charge < -0.3 is 14.8 Å². The van der Waals surface area contributed by atoms with E-state index >= 15 is 0 Å². The molecule has 0 unspecified atom stereocenters. The molecule has 32 heavy (non-hydrogen) atoms. The van der Waals surface area contributed by atoms with E-state index in [2.05, 4.69) is 46.4 Å². The van der Waals surface area contributed by atoms with Crippen LogP contribution in [-0.4, -0.2) is 48.7 Å². The highest BCUT2D eigenvalue weighted by atomic mass is 32.1. The van der Waals surface area contributed by atoms with Crippen molar-refractivity contribution in [3.05, 3.63) is 65.2 Å². The summed E-state index contributed by atoms with van der Waals surface area (Å²) in [6.07, 6.45) is 1.14. The van der Waals surface area contributed by atoms with Crippen molar-refractivity contribution in [2.45, 2.75) is 26.3 Å². The van der Waals surface area contributed by atoms with Gasteiger partial charge in [-0.3, -0.25) is 9.69 Å². The number of aromatic nitrogens is 1. The van der Waals surface area contributed by atoms with Gasteiger partial charge in [0.2, 0.25) is 5.91 Å². The Balaban J connectivity index is 1.34. The van der Waals surface area contributed by atoms with Crippen LogP contribution >= 0.6 is 11.3 Å². The lowest BCUT2D eigenvalue weighted by Gasteiger charge is -2.26. The number of rotatable bonds is 9. The van der Waals surface area contributed by atoms with Gasteiger partial charge in [0.05, 0.1) is 37.6 Å². The third-order valence-electron chi connectivity index (χ3n) is 5.23. The average Bonchev–Trinajstić information content (AvgIpc) is 3.28. The summed E-state index contributed by atoms with van der Waals surface area (Å²) >= 11 is 1.56. The van der Waals surface area contributed by atoms with Gasteiger partial charge in [-0.2, -0.15) is 0 Å². The molecular formula is C25H29N3O3S. The van der Waals surface area contributed by atoms with Crippen molar-refractivity contribution in [3.8, 4) is 16.3 Å². The zero-order valence-electron chi connectivity index (χ0n) is 18.4. The first-order valence-corrected chi connectivity index (χ1v) is 11.9. The molecule has 7 heteroatoms. The first-order valence-electron chi connectivity index (χ1n) is 11.1. The number of nitrogens with zero attached hydrogens (tertiary/aromatic N) is 2. The van der Waals surface area contributed by atoms with E-state index in [0.717, 1.165) is 55.5 Å². The lowest BCUT2D eigenvalue weighted by Crippen LogP contribution is -2.35. The normalized spacial score (nSPS) is 14.3. The van der Waals surface area contributed by atoms with E-state index < -0.39 is 0 Å². The summed E-state index contributed by atoms with van der Waals surface area (Å²) in [6, 6.07) is 16.1. The van der Waals surface area contributed by atoms with Crippen LogP contribution in [0.5, 0.6) is 5.75 Å². The largest absolute Gasteiger partial charge is 0.491 e. The number of anilines is 1. The SMILES string of the molecule is CCCOc1ccccc1NC(=O)Cc1csc(-c2ccc(CN3CCOCC3)cc2)n1. The molecule has 2 aromatic carbocycles. The fourth-order valence-electron chi connectivity index (χ4n) is 3.56. The molecule has 0 spiro atoms. The van der Waals surface area contributed by atoms with Gasteiger partial charge in [0.25, 0.3) is 0 Å². The van der Waals surface area contributed by atoms with Crippen molar-refractivity contribution in [3.63, 3.8) is 0 Å². The minimum absolute atomic E-state index is 0.102. The highest BCUT2D eigenvalue weighted by molar-refractivity contribution is 7.13. The van der Waals surface area contributed by atoms with E-state index in [1.807, 2.05) is 29.6 Å². The van der Waals surface area contributed by atoms with E-state index in [1.54, 1.807) is 11.3 Å². The third-order valence-corrected chi connectivity index (χ3v) is 6.17. The summed E-state index contributed by atoms with van der Waals surface area (Å²) in [5, 5.41) is 5.83. The summed E-state index contributed by atoms with van der Waals surface area (Å²) in [5.41, 5.74) is 3.82. The Morgan fingerprint density at radius 2 is 1.94 bits per heavy atom. The van der Waals surface area contributed by atoms with E-state index in [4.69, 9.17) is 9.47 Å². The Morgan fingerprint density at radius 1 is 1.16 bits per heavy atom. The molecule has 3 aromatic rings. The van der Waals surface area contributed by atoms with Crippen molar-refractivity contribution in [2.24, 2.45) is 0 Å². The van der Waals surface area contributed by atoms with Gasteiger partial charge in [-0.1, -0.05) is 43.3 Å². The molecule has 168 valence electrons. The van der Waals surface area contributed by atoms with Gasteiger partial charge >= 0.3 is 0 Å². The Kier molecular flexibility index (Phi) is 7.87. The van der Waals surface area contributed by atoms with Crippen LogP contribution in [0.15, 0.2) is 53.9 Å². The van der Waals surface area contributed by atoms with E-state index in [1.165, 1.54) is 5.56 Å². The molecule has 1 fully saturated rings. The highest BCUT2D eigenvalue weighted by Crippen LogP contribution is 2.26. The highest BCUT2D eigenvalue weighted by Gasteiger charge is 2.13. The quantitative estimate of drug-likeness (QED) is 0.515. The van der Waals surface area contributed by atoms with Crippen LogP contribution in [0.3, 0.4) is 0 Å². The summed E-state index contributed by atoms with van der Waals surface area (Å²) in [6.45, 7) is 7.20. The molecule has 0 bridgehead atoms. The number of nitrogens with one attached hydrogen (secondary N) is 1. The molecule has 6 nitrogen and oxygen atoms in total. The molecule has 0 saturated carbocycles. The zero-order chi connectivity index (χ0) is 22.2. The van der Waals surface area contributed by atoms with Crippen LogP contribution in [0, 0.1) is 0 Å². The molecule has 1 amide bonds. The van der Waals surface area contributed by atoms with Crippen LogP contribution in [-0.2, 0) is 22.5 Å². The van der Waals surface area contributed by atoms with Gasteiger partial charge in [-0.05, 0) is 24.1 Å². The van der Waals surface area contributed by atoms with Crippen molar-refractivity contribution in [1.29, 1.82) is 0 Å². The first-order chi connectivity index (χ1) is 15.7. The second-order valence-corrected chi connectivity index (χ2v) is 8.66. The molecule has 4 rings (SSSR count). The van der Waals surface area contributed by atoms with Gasteiger partial charge in [-0.25, -0.2) is 4.98 Å². The average molecular weight is 452 g/mol. The summed E-state index contributed by atoms with van der Waals surface area (Å²) in [5.74, 6) is 0.592. The number of amides is 1. The zero-order valence-corrected chi connectivity index (χ0v) is 19.2. The van der Waals surface area contributed by atoms with E-state index in [0.29, 0.717) is 18.0 Å². The molecular weight excluding hydrogens is 422 g/mol. The number of carbonyl (C=O) groups is 1. The molecule has 1 aromatic heterocycles. The van der Waals surface area contributed by atoms with Crippen LogP contribution in [0.25, 0.3) is 10.6 Å². The number of para-hydroxylation sites is 2. The maximum absolute atomic E-state index is 12.6. The molecule has 0 aliphatic carbocycles. The van der Waals surface area contributed by atoms with Gasteiger partial charge in [0.15, 0.2) is 0 Å². The lowest BCUT2D eigenvalue weighted by molar-refractivity contribution is -0.115. The molecule has 0 radical (unpaired) electrons. The van der Waals surface area contributed by atoms with Crippen LogP contribution < -0.4 is 10.1 Å². The molecule has 1 N–H and O–H groups in total. The number of hydrogen-bond acceptors (Lipinski definition) is 6. The Labute approximate surface area is 193 Å². The van der Waals surface area contributed by atoms with Crippen LogP contribution in [0.4, 0.5) is 5.69 Å². The van der Waals surface area contributed by atoms with E-state index in [-0.39, 0.29) is 12.3 Å². The number of hydrogen-bond donors (Lipinski definition) is 1. The number of thiazole rings is 1. The minimum atomic E-state index is -0.102. The topological polar surface area (TPSA) is 63.7 Å². The summed E-state index contributed by atoms with van der Waals surface area (Å²) in [7, 11) is 0. The maximum Gasteiger partial charge on any atom is 0.230 e. The lowest BCUT2D eigenvalue weighted by atomic mass is 10.1.